The maximum absolute atomic E-state index is 13.7. The molecule has 1 N–H and O–H groups in total. The lowest BCUT2D eigenvalue weighted by molar-refractivity contribution is -0.126. The number of aromatic amines is 1. The summed E-state index contributed by atoms with van der Waals surface area (Å²) in [7, 11) is 1.51. The van der Waals surface area contributed by atoms with Crippen LogP contribution >= 0.6 is 0 Å². The van der Waals surface area contributed by atoms with E-state index in [1.165, 1.54) is 7.11 Å². The summed E-state index contributed by atoms with van der Waals surface area (Å²) in [5.74, 6) is 0.255. The molecule has 0 saturated carbocycles. The van der Waals surface area contributed by atoms with E-state index in [9.17, 15) is 14.4 Å². The van der Waals surface area contributed by atoms with Crippen molar-refractivity contribution in [3.63, 3.8) is 0 Å². The highest BCUT2D eigenvalue weighted by Crippen LogP contribution is 2.35. The number of carbonyl (C=O) groups is 3. The van der Waals surface area contributed by atoms with Crippen LogP contribution in [0.25, 0.3) is 28.0 Å². The van der Waals surface area contributed by atoms with Crippen LogP contribution in [0, 0.1) is 0 Å². The molecule has 4 aromatic heterocycles. The van der Waals surface area contributed by atoms with Crippen LogP contribution in [0.2, 0.25) is 0 Å². The van der Waals surface area contributed by atoms with E-state index in [4.69, 9.17) is 9.47 Å². The Bertz CT molecular complexity index is 1960. The summed E-state index contributed by atoms with van der Waals surface area (Å²) in [6.07, 6.45) is 4.50. The van der Waals surface area contributed by atoms with Crippen molar-refractivity contribution in [1.82, 2.24) is 45.0 Å². The minimum Gasteiger partial charge on any atom is -0.494 e. The Labute approximate surface area is 281 Å². The summed E-state index contributed by atoms with van der Waals surface area (Å²) in [6, 6.07) is 13.4. The van der Waals surface area contributed by atoms with Crippen LogP contribution in [0.3, 0.4) is 0 Å². The molecule has 0 radical (unpaired) electrons. The van der Waals surface area contributed by atoms with E-state index in [0.29, 0.717) is 93.1 Å². The molecular formula is C33H35N11O5. The number of H-pyrrole nitrogens is 1. The fourth-order valence-electron chi connectivity index (χ4n) is 6.24. The highest BCUT2D eigenvalue weighted by molar-refractivity contribution is 6.45. The molecule has 7 rings (SSSR count). The van der Waals surface area contributed by atoms with Crippen molar-refractivity contribution in [3.05, 3.63) is 66.6 Å². The zero-order valence-electron chi connectivity index (χ0n) is 27.2. The molecule has 0 unspecified atom stereocenters. The number of nitrogens with zero attached hydrogens (tertiary/aromatic N) is 10. The molecule has 0 spiro atoms. The van der Waals surface area contributed by atoms with Gasteiger partial charge in [0.1, 0.15) is 5.75 Å². The molecule has 252 valence electrons. The Morgan fingerprint density at radius 1 is 0.878 bits per heavy atom. The minimum atomic E-state index is -0.634. The average Bonchev–Trinajstić information content (AvgIpc) is 3.83. The van der Waals surface area contributed by atoms with Gasteiger partial charge in [0.2, 0.25) is 0 Å². The number of ketones is 1. The maximum atomic E-state index is 13.7. The Morgan fingerprint density at radius 2 is 1.61 bits per heavy atom. The molecule has 2 amide bonds. The van der Waals surface area contributed by atoms with E-state index in [2.05, 4.69) is 35.4 Å². The van der Waals surface area contributed by atoms with E-state index >= 15 is 0 Å². The number of rotatable bonds is 8. The van der Waals surface area contributed by atoms with Gasteiger partial charge in [-0.25, -0.2) is 9.78 Å². The van der Waals surface area contributed by atoms with Gasteiger partial charge in [0, 0.05) is 76.0 Å². The van der Waals surface area contributed by atoms with Crippen molar-refractivity contribution in [1.29, 1.82) is 0 Å². The summed E-state index contributed by atoms with van der Waals surface area (Å²) in [5, 5.41) is 12.5. The van der Waals surface area contributed by atoms with Crippen LogP contribution in [0.1, 0.15) is 17.3 Å². The zero-order valence-corrected chi connectivity index (χ0v) is 27.2. The lowest BCUT2D eigenvalue weighted by Gasteiger charge is -2.35. The molecule has 1 aromatic carbocycles. The predicted octanol–water partition coefficient (Wildman–Crippen LogP) is 2.42. The van der Waals surface area contributed by atoms with Crippen LogP contribution in [0.15, 0.2) is 61.1 Å². The fraction of sp³-hybridized carbons (Fsp3) is 0.333. The van der Waals surface area contributed by atoms with E-state index in [1.807, 2.05) is 47.4 Å². The second-order valence-electron chi connectivity index (χ2n) is 11.5. The smallest absolute Gasteiger partial charge is 0.409 e. The first-order valence-corrected chi connectivity index (χ1v) is 16.1. The number of hydrogen-bond donors (Lipinski definition) is 1. The standard InChI is InChI=1S/C33H35N11O5/c1-3-49-33(47)43-18-12-40(13-19-43)23-9-7-22(8-10-23)28-29-27(25(48-2)21-36-28)24(20-35-29)30(45)31(46)41-14-16-42(17-15-41)32-37-38-39-44(32)26-6-4-5-11-34-26/h4-11,20-21,35H,3,12-19H2,1-2H3. The normalized spacial score (nSPS) is 15.1. The van der Waals surface area contributed by atoms with Crippen LogP contribution < -0.4 is 14.5 Å². The van der Waals surface area contributed by atoms with Crippen LogP contribution in [0.5, 0.6) is 5.75 Å². The largest absolute Gasteiger partial charge is 0.494 e. The number of Topliss-reactive ketones (excluding diaryl/α,β-unsaturated/α-hetero) is 1. The van der Waals surface area contributed by atoms with Gasteiger partial charge < -0.3 is 34.1 Å². The predicted molar refractivity (Wildman–Crippen MR) is 179 cm³/mol. The molecule has 16 heteroatoms. The summed E-state index contributed by atoms with van der Waals surface area (Å²) >= 11 is 0. The van der Waals surface area contributed by atoms with Crippen molar-refractivity contribution >= 4 is 40.3 Å². The van der Waals surface area contributed by atoms with Gasteiger partial charge in [-0.2, -0.15) is 4.68 Å². The first kappa shape index (κ1) is 31.5. The number of hydrogen-bond acceptors (Lipinski definition) is 12. The third-order valence-corrected chi connectivity index (χ3v) is 8.81. The van der Waals surface area contributed by atoms with Crippen LogP contribution in [0.4, 0.5) is 16.4 Å². The maximum Gasteiger partial charge on any atom is 0.409 e. The van der Waals surface area contributed by atoms with Crippen LogP contribution in [-0.4, -0.2) is 129 Å². The molecule has 2 saturated heterocycles. The topological polar surface area (TPSA) is 168 Å². The highest BCUT2D eigenvalue weighted by Gasteiger charge is 2.31. The van der Waals surface area contributed by atoms with Crippen LogP contribution in [-0.2, 0) is 9.53 Å². The lowest BCUT2D eigenvalue weighted by atomic mass is 10.0. The van der Waals surface area contributed by atoms with Gasteiger partial charge in [-0.05, 0) is 41.6 Å². The number of tetrazole rings is 1. The first-order valence-electron chi connectivity index (χ1n) is 16.1. The molecule has 2 aliphatic rings. The summed E-state index contributed by atoms with van der Waals surface area (Å²) in [4.78, 5) is 59.0. The molecule has 0 bridgehead atoms. The molecule has 0 atom stereocenters. The van der Waals surface area contributed by atoms with Crippen molar-refractivity contribution in [2.24, 2.45) is 0 Å². The van der Waals surface area contributed by atoms with Gasteiger partial charge >= 0.3 is 6.09 Å². The number of pyridine rings is 2. The Balaban J connectivity index is 1.05. The number of methoxy groups -OCH3 is 1. The minimum absolute atomic E-state index is 0.220. The number of benzene rings is 1. The van der Waals surface area contributed by atoms with E-state index < -0.39 is 11.7 Å². The van der Waals surface area contributed by atoms with Gasteiger partial charge in [0.05, 0.1) is 42.1 Å². The third kappa shape index (κ3) is 6.08. The van der Waals surface area contributed by atoms with E-state index in [-0.39, 0.29) is 11.7 Å². The average molecular weight is 666 g/mol. The number of anilines is 2. The SMILES string of the molecule is CCOC(=O)N1CCN(c2ccc(-c3ncc(OC)c4c(C(=O)C(=O)N5CCN(c6nnnn6-c6ccccn6)CC5)c[nH]c34)cc2)CC1. The van der Waals surface area contributed by atoms with Crippen molar-refractivity contribution in [3.8, 4) is 22.8 Å². The second kappa shape index (κ2) is 13.6. The number of fused-ring (bicyclic) bond motifs is 1. The number of ether oxygens (including phenoxy) is 2. The fourth-order valence-corrected chi connectivity index (χ4v) is 6.24. The molecule has 49 heavy (non-hydrogen) atoms. The van der Waals surface area contributed by atoms with Crippen molar-refractivity contribution in [2.75, 3.05) is 75.9 Å². The summed E-state index contributed by atoms with van der Waals surface area (Å²) in [6.45, 7) is 6.22. The second-order valence-corrected chi connectivity index (χ2v) is 11.5. The Morgan fingerprint density at radius 3 is 2.31 bits per heavy atom. The Kier molecular flexibility index (Phi) is 8.74. The number of aromatic nitrogens is 7. The quantitative estimate of drug-likeness (QED) is 0.190. The van der Waals surface area contributed by atoms with Gasteiger partial charge in [-0.3, -0.25) is 14.6 Å². The summed E-state index contributed by atoms with van der Waals surface area (Å²) < 4.78 is 12.3. The molecular weight excluding hydrogens is 630 g/mol. The van der Waals surface area contributed by atoms with Crippen molar-refractivity contribution in [2.45, 2.75) is 6.92 Å². The first-order chi connectivity index (χ1) is 24.0. The van der Waals surface area contributed by atoms with Crippen molar-refractivity contribution < 1.29 is 23.9 Å². The lowest BCUT2D eigenvalue weighted by Crippen LogP contribution is -2.51. The number of nitrogens with one attached hydrogen (secondary N) is 1. The van der Waals surface area contributed by atoms with Gasteiger partial charge in [0.25, 0.3) is 17.6 Å². The molecule has 16 nitrogen and oxygen atoms in total. The molecule has 2 fully saturated rings. The number of piperazine rings is 2. The zero-order chi connectivity index (χ0) is 33.9. The van der Waals surface area contributed by atoms with Gasteiger partial charge in [-0.1, -0.05) is 23.3 Å². The molecule has 6 heterocycles. The molecule has 5 aromatic rings. The van der Waals surface area contributed by atoms with Gasteiger partial charge in [-0.15, -0.1) is 0 Å². The number of amides is 2. The highest BCUT2D eigenvalue weighted by atomic mass is 16.6. The Hall–Kier alpha value is -6.06. The van der Waals surface area contributed by atoms with Gasteiger partial charge in [0.15, 0.2) is 5.82 Å². The molecule has 2 aliphatic heterocycles. The number of carbonyl (C=O) groups excluding carboxylic acids is 3. The monoisotopic (exact) mass is 665 g/mol. The third-order valence-electron chi connectivity index (χ3n) is 8.81. The molecule has 0 aliphatic carbocycles. The van der Waals surface area contributed by atoms with E-state index in [1.54, 1.807) is 40.0 Å². The van der Waals surface area contributed by atoms with E-state index in [0.717, 1.165) is 11.3 Å². The summed E-state index contributed by atoms with van der Waals surface area (Å²) in [5.41, 5.74) is 3.30.